The lowest BCUT2D eigenvalue weighted by atomic mass is 10.1. The third kappa shape index (κ3) is 3.18. The Morgan fingerprint density at radius 2 is 2.00 bits per heavy atom. The number of benzene rings is 2. The van der Waals surface area contributed by atoms with Gasteiger partial charge in [-0.1, -0.05) is 12.1 Å². The average molecular weight is 389 g/mol. The molecule has 146 valence electrons. The number of aromatic nitrogens is 3. The van der Waals surface area contributed by atoms with Crippen molar-refractivity contribution in [2.24, 2.45) is 0 Å². The second kappa shape index (κ2) is 6.84. The molecule has 1 saturated carbocycles. The fraction of sp³-hybridized carbons (Fsp3) is 0.227. The normalized spacial score (nSPS) is 13.7. The van der Waals surface area contributed by atoms with Crippen molar-refractivity contribution in [2.75, 3.05) is 11.9 Å². The second-order valence-electron chi connectivity index (χ2n) is 7.25. The Labute approximate surface area is 166 Å². The van der Waals surface area contributed by atoms with Crippen molar-refractivity contribution in [3.63, 3.8) is 0 Å². The summed E-state index contributed by atoms with van der Waals surface area (Å²) in [5, 5.41) is 6.22. The van der Waals surface area contributed by atoms with Crippen molar-refractivity contribution in [3.05, 3.63) is 60.0 Å². The highest BCUT2D eigenvalue weighted by atomic mass is 19.1. The molecule has 2 aromatic heterocycles. The molecule has 1 amide bonds. The molecule has 2 N–H and O–H groups in total. The van der Waals surface area contributed by atoms with Gasteiger partial charge in [0.15, 0.2) is 11.5 Å². The van der Waals surface area contributed by atoms with Crippen molar-refractivity contribution >= 4 is 28.4 Å². The van der Waals surface area contributed by atoms with Gasteiger partial charge < -0.3 is 10.6 Å². The van der Waals surface area contributed by atoms with Gasteiger partial charge in [0, 0.05) is 29.8 Å². The SMILES string of the molecule is CCNc1nc2ccc(F)cc2n2c(-c3ccc(C(=O)NC4CC4)cc3)cnc12. The number of hydrogen-bond acceptors (Lipinski definition) is 4. The van der Waals surface area contributed by atoms with Gasteiger partial charge in [0.25, 0.3) is 5.91 Å². The minimum atomic E-state index is -0.330. The number of rotatable bonds is 5. The number of amides is 1. The van der Waals surface area contributed by atoms with E-state index in [-0.39, 0.29) is 11.7 Å². The molecule has 0 spiro atoms. The van der Waals surface area contributed by atoms with E-state index >= 15 is 0 Å². The first kappa shape index (κ1) is 17.6. The fourth-order valence-electron chi connectivity index (χ4n) is 3.48. The zero-order valence-electron chi connectivity index (χ0n) is 15.9. The Morgan fingerprint density at radius 1 is 1.21 bits per heavy atom. The minimum Gasteiger partial charge on any atom is -0.367 e. The minimum absolute atomic E-state index is 0.0525. The van der Waals surface area contributed by atoms with Crippen molar-refractivity contribution in [1.82, 2.24) is 19.7 Å². The van der Waals surface area contributed by atoms with Gasteiger partial charge >= 0.3 is 0 Å². The van der Waals surface area contributed by atoms with Crippen molar-refractivity contribution < 1.29 is 9.18 Å². The number of hydrogen-bond donors (Lipinski definition) is 2. The molecule has 1 aliphatic rings. The van der Waals surface area contributed by atoms with Crippen LogP contribution in [0.4, 0.5) is 10.2 Å². The number of nitrogens with zero attached hydrogens (tertiary/aromatic N) is 3. The summed E-state index contributed by atoms with van der Waals surface area (Å²) in [5.41, 5.74) is 4.28. The highest BCUT2D eigenvalue weighted by Crippen LogP contribution is 2.29. The van der Waals surface area contributed by atoms with Crippen LogP contribution in [0.2, 0.25) is 0 Å². The van der Waals surface area contributed by atoms with E-state index in [1.165, 1.54) is 12.1 Å². The monoisotopic (exact) mass is 389 g/mol. The highest BCUT2D eigenvalue weighted by molar-refractivity contribution is 5.95. The first-order valence-electron chi connectivity index (χ1n) is 9.76. The van der Waals surface area contributed by atoms with Crippen LogP contribution in [0.25, 0.3) is 27.9 Å². The number of fused-ring (bicyclic) bond motifs is 3. The number of imidazole rings is 1. The lowest BCUT2D eigenvalue weighted by Crippen LogP contribution is -2.25. The summed E-state index contributed by atoms with van der Waals surface area (Å²) < 4.78 is 15.9. The molecule has 2 aromatic carbocycles. The molecule has 1 fully saturated rings. The molecule has 2 heterocycles. The standard InChI is InChI=1S/C22H20FN5O/c1-2-24-20-21-25-12-19(28(21)18-11-15(23)7-10-17(18)27-20)13-3-5-14(6-4-13)22(29)26-16-8-9-16/h3-7,10-12,16H,2,8-9H2,1H3,(H,24,27)(H,26,29). The van der Waals surface area contributed by atoms with E-state index in [4.69, 9.17) is 0 Å². The largest absolute Gasteiger partial charge is 0.367 e. The summed E-state index contributed by atoms with van der Waals surface area (Å²) in [6.07, 6.45) is 3.86. The number of anilines is 1. The first-order chi connectivity index (χ1) is 14.1. The third-order valence-electron chi connectivity index (χ3n) is 5.08. The molecule has 0 bridgehead atoms. The van der Waals surface area contributed by atoms with Crippen molar-refractivity contribution in [2.45, 2.75) is 25.8 Å². The third-order valence-corrected chi connectivity index (χ3v) is 5.08. The molecule has 0 atom stereocenters. The summed E-state index contributed by atoms with van der Waals surface area (Å²) in [6.45, 7) is 2.69. The van der Waals surface area contributed by atoms with E-state index in [1.54, 1.807) is 12.3 Å². The molecule has 0 saturated heterocycles. The van der Waals surface area contributed by atoms with Crippen LogP contribution in [-0.4, -0.2) is 32.9 Å². The van der Waals surface area contributed by atoms with Crippen LogP contribution in [0.15, 0.2) is 48.7 Å². The number of nitrogens with one attached hydrogen (secondary N) is 2. The summed E-state index contributed by atoms with van der Waals surface area (Å²) in [6, 6.07) is 12.3. The van der Waals surface area contributed by atoms with E-state index < -0.39 is 0 Å². The lowest BCUT2D eigenvalue weighted by molar-refractivity contribution is 0.0951. The van der Waals surface area contributed by atoms with Crippen LogP contribution >= 0.6 is 0 Å². The molecule has 0 unspecified atom stereocenters. The van der Waals surface area contributed by atoms with Gasteiger partial charge in [-0.15, -0.1) is 0 Å². The molecule has 5 rings (SSSR count). The predicted octanol–water partition coefficient (Wildman–Crippen LogP) is 4.01. The summed E-state index contributed by atoms with van der Waals surface area (Å²) in [5.74, 6) is 0.269. The molecule has 1 aliphatic carbocycles. The van der Waals surface area contributed by atoms with E-state index in [0.717, 1.165) is 24.1 Å². The average Bonchev–Trinajstić information content (AvgIpc) is 3.42. The summed E-state index contributed by atoms with van der Waals surface area (Å²) >= 11 is 0. The molecular weight excluding hydrogens is 369 g/mol. The van der Waals surface area contributed by atoms with Crippen LogP contribution in [-0.2, 0) is 0 Å². The van der Waals surface area contributed by atoms with Crippen LogP contribution in [0, 0.1) is 5.82 Å². The van der Waals surface area contributed by atoms with Crippen LogP contribution in [0.3, 0.4) is 0 Å². The Balaban J connectivity index is 1.63. The smallest absolute Gasteiger partial charge is 0.251 e. The Morgan fingerprint density at radius 3 is 2.72 bits per heavy atom. The maximum Gasteiger partial charge on any atom is 0.251 e. The van der Waals surface area contributed by atoms with Gasteiger partial charge in [-0.05, 0) is 44.0 Å². The lowest BCUT2D eigenvalue weighted by Gasteiger charge is -2.11. The van der Waals surface area contributed by atoms with Crippen LogP contribution in [0.5, 0.6) is 0 Å². The van der Waals surface area contributed by atoms with E-state index in [9.17, 15) is 9.18 Å². The molecule has 29 heavy (non-hydrogen) atoms. The zero-order valence-corrected chi connectivity index (χ0v) is 15.9. The maximum atomic E-state index is 14.0. The summed E-state index contributed by atoms with van der Waals surface area (Å²) in [7, 11) is 0. The highest BCUT2D eigenvalue weighted by Gasteiger charge is 2.23. The molecule has 4 aromatic rings. The summed E-state index contributed by atoms with van der Waals surface area (Å²) in [4.78, 5) is 21.4. The second-order valence-corrected chi connectivity index (χ2v) is 7.25. The molecule has 0 radical (unpaired) electrons. The van der Waals surface area contributed by atoms with Gasteiger partial charge in [-0.25, -0.2) is 14.4 Å². The van der Waals surface area contributed by atoms with Crippen LogP contribution in [0.1, 0.15) is 30.1 Å². The van der Waals surface area contributed by atoms with Crippen molar-refractivity contribution in [1.29, 1.82) is 0 Å². The topological polar surface area (TPSA) is 71.3 Å². The van der Waals surface area contributed by atoms with Crippen molar-refractivity contribution in [3.8, 4) is 11.3 Å². The van der Waals surface area contributed by atoms with E-state index in [2.05, 4.69) is 20.6 Å². The van der Waals surface area contributed by atoms with Crippen LogP contribution < -0.4 is 10.6 Å². The van der Waals surface area contributed by atoms with E-state index in [1.807, 2.05) is 35.6 Å². The maximum absolute atomic E-state index is 14.0. The molecular formula is C22H20FN5O. The zero-order chi connectivity index (χ0) is 20.0. The number of carbonyl (C=O) groups excluding carboxylic acids is 1. The Kier molecular flexibility index (Phi) is 4.16. The number of halogens is 1. The quantitative estimate of drug-likeness (QED) is 0.541. The van der Waals surface area contributed by atoms with Gasteiger partial charge in [-0.2, -0.15) is 0 Å². The molecule has 7 heteroatoms. The fourth-order valence-corrected chi connectivity index (χ4v) is 3.48. The first-order valence-corrected chi connectivity index (χ1v) is 9.76. The van der Waals surface area contributed by atoms with Gasteiger partial charge in [0.2, 0.25) is 0 Å². The number of carbonyl (C=O) groups is 1. The predicted molar refractivity (Wildman–Crippen MR) is 111 cm³/mol. The molecule has 0 aliphatic heterocycles. The Bertz CT molecular complexity index is 1230. The van der Waals surface area contributed by atoms with Gasteiger partial charge in [0.1, 0.15) is 5.82 Å². The Hall–Kier alpha value is -3.48. The van der Waals surface area contributed by atoms with Gasteiger partial charge in [0.05, 0.1) is 22.9 Å². The van der Waals surface area contributed by atoms with E-state index in [0.29, 0.717) is 40.6 Å². The molecule has 6 nitrogen and oxygen atoms in total. The van der Waals surface area contributed by atoms with Gasteiger partial charge in [-0.3, -0.25) is 9.20 Å².